The van der Waals surface area contributed by atoms with E-state index in [1.54, 1.807) is 19.5 Å². The normalized spacial score (nSPS) is 15.5. The third kappa shape index (κ3) is 2.67. The van der Waals surface area contributed by atoms with Gasteiger partial charge in [0.15, 0.2) is 5.65 Å². The second-order valence-electron chi connectivity index (χ2n) is 7.45. The zero-order valence-corrected chi connectivity index (χ0v) is 16.3. The van der Waals surface area contributed by atoms with Gasteiger partial charge in [-0.15, -0.1) is 0 Å². The molecule has 28 heavy (non-hydrogen) atoms. The number of aromatic nitrogens is 4. The summed E-state index contributed by atoms with van der Waals surface area (Å²) in [6.45, 7) is 4.43. The topological polar surface area (TPSA) is 67.2 Å². The van der Waals surface area contributed by atoms with E-state index in [0.717, 1.165) is 36.5 Å². The van der Waals surface area contributed by atoms with Crippen molar-refractivity contribution in [3.05, 3.63) is 47.9 Å². The molecule has 0 spiro atoms. The van der Waals surface area contributed by atoms with Crippen LogP contribution in [0.3, 0.4) is 0 Å². The molecule has 1 aromatic carbocycles. The number of nitrogens with one attached hydrogen (secondary N) is 2. The minimum absolute atomic E-state index is 0.649. The van der Waals surface area contributed by atoms with E-state index in [9.17, 15) is 0 Å². The SMILES string of the molecule is CCc1c(-c2cnc3cncc(OC)n23)[nH]c2ccc(C3CCNCC3)cc12. The number of rotatable bonds is 4. The maximum atomic E-state index is 5.53. The van der Waals surface area contributed by atoms with E-state index < -0.39 is 0 Å². The van der Waals surface area contributed by atoms with Crippen molar-refractivity contribution < 1.29 is 4.74 Å². The zero-order valence-electron chi connectivity index (χ0n) is 16.3. The van der Waals surface area contributed by atoms with Gasteiger partial charge in [-0.3, -0.25) is 9.38 Å². The molecule has 4 aromatic rings. The first kappa shape index (κ1) is 17.3. The Balaban J connectivity index is 1.68. The first-order valence-corrected chi connectivity index (χ1v) is 10.0. The lowest BCUT2D eigenvalue weighted by molar-refractivity contribution is 0.391. The lowest BCUT2D eigenvalue weighted by atomic mass is 9.89. The summed E-state index contributed by atoms with van der Waals surface area (Å²) in [6.07, 6.45) is 8.75. The smallest absolute Gasteiger partial charge is 0.218 e. The number of piperidine rings is 1. The highest BCUT2D eigenvalue weighted by molar-refractivity contribution is 5.91. The Morgan fingerprint density at radius 3 is 2.82 bits per heavy atom. The van der Waals surface area contributed by atoms with Crippen LogP contribution in [0.25, 0.3) is 27.9 Å². The van der Waals surface area contributed by atoms with Crippen molar-refractivity contribution in [1.29, 1.82) is 0 Å². The van der Waals surface area contributed by atoms with E-state index in [2.05, 4.69) is 45.4 Å². The molecular formula is C22H25N5O. The molecular weight excluding hydrogens is 350 g/mol. The minimum Gasteiger partial charge on any atom is -0.481 e. The number of fused-ring (bicyclic) bond motifs is 2. The fourth-order valence-corrected chi connectivity index (χ4v) is 4.49. The first-order valence-electron chi connectivity index (χ1n) is 10.0. The number of methoxy groups -OCH3 is 1. The van der Waals surface area contributed by atoms with Crippen LogP contribution >= 0.6 is 0 Å². The Labute approximate surface area is 164 Å². The fraction of sp³-hybridized carbons (Fsp3) is 0.364. The van der Waals surface area contributed by atoms with Crippen LogP contribution in [0.2, 0.25) is 0 Å². The first-order chi connectivity index (χ1) is 13.8. The highest BCUT2D eigenvalue weighted by atomic mass is 16.5. The molecule has 1 fully saturated rings. The van der Waals surface area contributed by atoms with Crippen molar-refractivity contribution in [3.8, 4) is 17.3 Å². The third-order valence-corrected chi connectivity index (χ3v) is 5.94. The molecule has 3 aromatic heterocycles. The van der Waals surface area contributed by atoms with Crippen LogP contribution in [-0.2, 0) is 6.42 Å². The molecule has 0 atom stereocenters. The molecule has 0 bridgehead atoms. The summed E-state index contributed by atoms with van der Waals surface area (Å²) < 4.78 is 7.55. The summed E-state index contributed by atoms with van der Waals surface area (Å²) in [5.74, 6) is 1.33. The number of ether oxygens (including phenoxy) is 1. The molecule has 0 unspecified atom stereocenters. The van der Waals surface area contributed by atoms with Crippen LogP contribution < -0.4 is 10.1 Å². The van der Waals surface area contributed by atoms with Crippen LogP contribution in [0.5, 0.6) is 5.88 Å². The highest BCUT2D eigenvalue weighted by Crippen LogP contribution is 2.35. The number of aromatic amines is 1. The second kappa shape index (κ2) is 6.95. The van der Waals surface area contributed by atoms with Crippen molar-refractivity contribution in [3.63, 3.8) is 0 Å². The molecule has 0 amide bonds. The quantitative estimate of drug-likeness (QED) is 0.567. The molecule has 4 heterocycles. The monoisotopic (exact) mass is 375 g/mol. The van der Waals surface area contributed by atoms with Gasteiger partial charge in [-0.05, 0) is 61.5 Å². The van der Waals surface area contributed by atoms with E-state index in [-0.39, 0.29) is 0 Å². The third-order valence-electron chi connectivity index (χ3n) is 5.94. The number of nitrogens with zero attached hydrogens (tertiary/aromatic N) is 3. The Hall–Kier alpha value is -2.86. The Kier molecular flexibility index (Phi) is 4.28. The second-order valence-corrected chi connectivity index (χ2v) is 7.45. The molecule has 1 aliphatic heterocycles. The lowest BCUT2D eigenvalue weighted by Gasteiger charge is -2.23. The predicted molar refractivity (Wildman–Crippen MR) is 111 cm³/mol. The van der Waals surface area contributed by atoms with Crippen molar-refractivity contribution in [2.45, 2.75) is 32.1 Å². The lowest BCUT2D eigenvalue weighted by Crippen LogP contribution is -2.26. The Morgan fingerprint density at radius 1 is 1.18 bits per heavy atom. The van der Waals surface area contributed by atoms with Gasteiger partial charge in [-0.1, -0.05) is 13.0 Å². The number of H-pyrrole nitrogens is 1. The van der Waals surface area contributed by atoms with Gasteiger partial charge in [-0.25, -0.2) is 4.98 Å². The molecule has 6 nitrogen and oxygen atoms in total. The van der Waals surface area contributed by atoms with E-state index in [4.69, 9.17) is 4.74 Å². The number of hydrogen-bond acceptors (Lipinski definition) is 4. The Morgan fingerprint density at radius 2 is 2.04 bits per heavy atom. The molecule has 0 saturated carbocycles. The Bertz CT molecular complexity index is 1140. The fourth-order valence-electron chi connectivity index (χ4n) is 4.49. The van der Waals surface area contributed by atoms with Crippen molar-refractivity contribution in [1.82, 2.24) is 24.7 Å². The largest absolute Gasteiger partial charge is 0.481 e. The van der Waals surface area contributed by atoms with Gasteiger partial charge in [0.2, 0.25) is 5.88 Å². The molecule has 1 aliphatic rings. The van der Waals surface area contributed by atoms with Gasteiger partial charge in [0.05, 0.1) is 37.1 Å². The maximum Gasteiger partial charge on any atom is 0.218 e. The van der Waals surface area contributed by atoms with Crippen molar-refractivity contribution in [2.24, 2.45) is 0 Å². The van der Waals surface area contributed by atoms with Gasteiger partial charge in [0, 0.05) is 10.9 Å². The molecule has 144 valence electrons. The molecule has 0 radical (unpaired) electrons. The molecule has 2 N–H and O–H groups in total. The van der Waals surface area contributed by atoms with Crippen LogP contribution in [0, 0.1) is 0 Å². The van der Waals surface area contributed by atoms with E-state index in [1.807, 2.05) is 10.6 Å². The average molecular weight is 375 g/mol. The number of hydrogen-bond donors (Lipinski definition) is 2. The summed E-state index contributed by atoms with van der Waals surface area (Å²) in [4.78, 5) is 12.4. The molecule has 5 rings (SSSR count). The number of aryl methyl sites for hydroxylation is 1. The van der Waals surface area contributed by atoms with Crippen LogP contribution in [-0.4, -0.2) is 39.6 Å². The van der Waals surface area contributed by atoms with Crippen molar-refractivity contribution in [2.75, 3.05) is 20.2 Å². The molecule has 0 aliphatic carbocycles. The molecule has 1 saturated heterocycles. The maximum absolute atomic E-state index is 5.53. The van der Waals surface area contributed by atoms with Crippen LogP contribution in [0.4, 0.5) is 0 Å². The predicted octanol–water partition coefficient (Wildman–Crippen LogP) is 3.92. The van der Waals surface area contributed by atoms with Gasteiger partial charge in [0.1, 0.15) is 0 Å². The van der Waals surface area contributed by atoms with E-state index >= 15 is 0 Å². The van der Waals surface area contributed by atoms with E-state index in [1.165, 1.54) is 34.9 Å². The van der Waals surface area contributed by atoms with E-state index in [0.29, 0.717) is 11.8 Å². The van der Waals surface area contributed by atoms with Gasteiger partial charge < -0.3 is 15.0 Å². The standard InChI is InChI=1S/C22H25N5O/c1-3-16-17-10-15(14-6-8-23-9-7-14)4-5-18(17)26-22(16)19-11-25-20-12-24-13-21(28-2)27(19)20/h4-5,10-14,23,26H,3,6-9H2,1-2H3. The molecule has 6 heteroatoms. The zero-order chi connectivity index (χ0) is 19.1. The average Bonchev–Trinajstić information content (AvgIpc) is 3.34. The van der Waals surface area contributed by atoms with Gasteiger partial charge >= 0.3 is 0 Å². The van der Waals surface area contributed by atoms with Crippen molar-refractivity contribution >= 4 is 16.6 Å². The summed E-state index contributed by atoms with van der Waals surface area (Å²) in [6, 6.07) is 6.92. The summed E-state index contributed by atoms with van der Waals surface area (Å²) in [5, 5.41) is 4.78. The summed E-state index contributed by atoms with van der Waals surface area (Å²) in [5.41, 5.74) is 6.85. The minimum atomic E-state index is 0.649. The van der Waals surface area contributed by atoms with Crippen LogP contribution in [0.1, 0.15) is 36.8 Å². The summed E-state index contributed by atoms with van der Waals surface area (Å²) in [7, 11) is 1.66. The number of benzene rings is 1. The number of imidazole rings is 1. The van der Waals surface area contributed by atoms with Gasteiger partial charge in [-0.2, -0.15) is 0 Å². The van der Waals surface area contributed by atoms with Gasteiger partial charge in [0.25, 0.3) is 0 Å². The summed E-state index contributed by atoms with van der Waals surface area (Å²) >= 11 is 0. The van der Waals surface area contributed by atoms with Crippen LogP contribution in [0.15, 0.2) is 36.8 Å². The highest BCUT2D eigenvalue weighted by Gasteiger charge is 2.20.